The van der Waals surface area contributed by atoms with E-state index >= 15 is 0 Å². The molecular formula is C16H30N2O2. The molecule has 3 rings (SSSR count). The van der Waals surface area contributed by atoms with Gasteiger partial charge in [-0.1, -0.05) is 13.8 Å². The third-order valence-corrected chi connectivity index (χ3v) is 5.32. The van der Waals surface area contributed by atoms with E-state index in [0.717, 1.165) is 25.9 Å². The second-order valence-electron chi connectivity index (χ2n) is 7.07. The molecule has 20 heavy (non-hydrogen) atoms. The largest absolute Gasteiger partial charge is 0.367 e. The normalized spacial score (nSPS) is 35.3. The molecule has 0 aromatic rings. The van der Waals surface area contributed by atoms with Crippen LogP contribution in [0.25, 0.3) is 0 Å². The van der Waals surface area contributed by atoms with Crippen molar-refractivity contribution in [2.45, 2.75) is 71.1 Å². The minimum Gasteiger partial charge on any atom is -0.367 e. The molecule has 0 aromatic carbocycles. The van der Waals surface area contributed by atoms with Crippen LogP contribution in [0.3, 0.4) is 0 Å². The topological polar surface area (TPSA) is 41.6 Å². The molecule has 2 saturated heterocycles. The van der Waals surface area contributed by atoms with Crippen molar-refractivity contribution in [3.05, 3.63) is 0 Å². The number of carbonyl (C=O) groups is 1. The molecule has 2 heterocycles. The van der Waals surface area contributed by atoms with E-state index in [9.17, 15) is 4.79 Å². The van der Waals surface area contributed by atoms with Gasteiger partial charge in [0.2, 0.25) is 5.91 Å². The van der Waals surface area contributed by atoms with Crippen LogP contribution in [0.5, 0.6) is 0 Å². The zero-order chi connectivity index (χ0) is 15.0. The number of fused-ring (bicyclic) bond motifs is 3. The van der Waals surface area contributed by atoms with Gasteiger partial charge in [0.1, 0.15) is 0 Å². The SMILES string of the molecule is CCN(CC)CC(=O)NC1CC2CCC1(C)OC2(C)C. The van der Waals surface area contributed by atoms with Crippen molar-refractivity contribution in [2.24, 2.45) is 5.92 Å². The molecule has 1 amide bonds. The molecule has 3 fully saturated rings. The molecule has 2 bridgehead atoms. The highest BCUT2D eigenvalue weighted by Gasteiger charge is 2.54. The lowest BCUT2D eigenvalue weighted by atomic mass is 9.66. The van der Waals surface area contributed by atoms with Crippen molar-refractivity contribution in [1.82, 2.24) is 10.2 Å². The second kappa shape index (κ2) is 5.64. The first-order chi connectivity index (χ1) is 9.30. The van der Waals surface area contributed by atoms with Crippen LogP contribution in [0, 0.1) is 5.92 Å². The Morgan fingerprint density at radius 1 is 1.30 bits per heavy atom. The molecule has 2 aliphatic heterocycles. The Balaban J connectivity index is 1.96. The summed E-state index contributed by atoms with van der Waals surface area (Å²) >= 11 is 0. The fraction of sp³-hybridized carbons (Fsp3) is 0.938. The highest BCUT2D eigenvalue weighted by atomic mass is 16.5. The molecular weight excluding hydrogens is 252 g/mol. The zero-order valence-electron chi connectivity index (χ0n) is 13.7. The first kappa shape index (κ1) is 15.8. The van der Waals surface area contributed by atoms with Crippen molar-refractivity contribution in [3.8, 4) is 0 Å². The van der Waals surface area contributed by atoms with Gasteiger partial charge in [0.25, 0.3) is 0 Å². The summed E-state index contributed by atoms with van der Waals surface area (Å²) < 4.78 is 6.30. The number of likely N-dealkylation sites (N-methyl/N-ethyl adjacent to an activating group) is 1. The van der Waals surface area contributed by atoms with Gasteiger partial charge < -0.3 is 10.1 Å². The number of nitrogens with zero attached hydrogens (tertiary/aromatic N) is 1. The van der Waals surface area contributed by atoms with Crippen molar-refractivity contribution in [2.75, 3.05) is 19.6 Å². The number of hydrogen-bond acceptors (Lipinski definition) is 3. The van der Waals surface area contributed by atoms with Crippen molar-refractivity contribution >= 4 is 5.91 Å². The van der Waals surface area contributed by atoms with Crippen LogP contribution in [0.15, 0.2) is 0 Å². The summed E-state index contributed by atoms with van der Waals surface area (Å²) in [6, 6.07) is 0.164. The molecule has 4 heteroatoms. The summed E-state index contributed by atoms with van der Waals surface area (Å²) in [6.45, 7) is 13.0. The first-order valence-electron chi connectivity index (χ1n) is 8.02. The quantitative estimate of drug-likeness (QED) is 0.840. The van der Waals surface area contributed by atoms with E-state index in [1.807, 2.05) is 0 Å². The fourth-order valence-electron chi connectivity index (χ4n) is 3.83. The van der Waals surface area contributed by atoms with Gasteiger partial charge >= 0.3 is 0 Å². The van der Waals surface area contributed by atoms with Gasteiger partial charge in [0, 0.05) is 0 Å². The van der Waals surface area contributed by atoms with Gasteiger partial charge in [-0.25, -0.2) is 0 Å². The number of ether oxygens (including phenoxy) is 1. The summed E-state index contributed by atoms with van der Waals surface area (Å²) in [5.41, 5.74) is -0.246. The van der Waals surface area contributed by atoms with E-state index in [4.69, 9.17) is 4.74 Å². The maximum absolute atomic E-state index is 12.2. The summed E-state index contributed by atoms with van der Waals surface area (Å²) in [5, 5.41) is 3.22. The van der Waals surface area contributed by atoms with Crippen LogP contribution in [0.1, 0.15) is 53.9 Å². The third kappa shape index (κ3) is 3.01. The second-order valence-corrected chi connectivity index (χ2v) is 7.07. The summed E-state index contributed by atoms with van der Waals surface area (Å²) in [6.07, 6.45) is 3.32. The molecule has 3 atom stereocenters. The van der Waals surface area contributed by atoms with E-state index in [1.54, 1.807) is 0 Å². The lowest BCUT2D eigenvalue weighted by molar-refractivity contribution is -0.243. The van der Waals surface area contributed by atoms with Crippen LogP contribution in [-0.4, -0.2) is 47.7 Å². The van der Waals surface area contributed by atoms with Crippen molar-refractivity contribution in [1.29, 1.82) is 0 Å². The Labute approximate surface area is 123 Å². The Hall–Kier alpha value is -0.610. The molecule has 116 valence electrons. The van der Waals surface area contributed by atoms with Gasteiger partial charge in [-0.2, -0.15) is 0 Å². The van der Waals surface area contributed by atoms with Gasteiger partial charge in [0.15, 0.2) is 0 Å². The highest BCUT2D eigenvalue weighted by Crippen LogP contribution is 2.49. The number of carbonyl (C=O) groups excluding carboxylic acids is 1. The third-order valence-electron chi connectivity index (χ3n) is 5.32. The fourth-order valence-corrected chi connectivity index (χ4v) is 3.83. The summed E-state index contributed by atoms with van der Waals surface area (Å²) in [5.74, 6) is 0.692. The number of amides is 1. The molecule has 1 saturated carbocycles. The molecule has 3 aliphatic rings. The Bertz CT molecular complexity index is 365. The van der Waals surface area contributed by atoms with Gasteiger partial charge in [-0.3, -0.25) is 9.69 Å². The van der Waals surface area contributed by atoms with Crippen molar-refractivity contribution < 1.29 is 9.53 Å². The zero-order valence-corrected chi connectivity index (χ0v) is 13.7. The summed E-state index contributed by atoms with van der Waals surface area (Å²) in [7, 11) is 0. The maximum Gasteiger partial charge on any atom is 0.234 e. The lowest BCUT2D eigenvalue weighted by Crippen LogP contribution is -2.66. The van der Waals surface area contributed by atoms with Gasteiger partial charge in [-0.05, 0) is 59.0 Å². The van der Waals surface area contributed by atoms with Crippen LogP contribution >= 0.6 is 0 Å². The minimum absolute atomic E-state index is 0.0485. The molecule has 0 aromatic heterocycles. The van der Waals surface area contributed by atoms with E-state index in [0.29, 0.717) is 12.5 Å². The Morgan fingerprint density at radius 3 is 2.45 bits per heavy atom. The monoisotopic (exact) mass is 282 g/mol. The van der Waals surface area contributed by atoms with E-state index in [1.165, 1.54) is 6.42 Å². The smallest absolute Gasteiger partial charge is 0.234 e. The van der Waals surface area contributed by atoms with Crippen LogP contribution in [0.2, 0.25) is 0 Å². The number of rotatable bonds is 5. The van der Waals surface area contributed by atoms with Crippen molar-refractivity contribution in [3.63, 3.8) is 0 Å². The molecule has 1 aliphatic carbocycles. The van der Waals surface area contributed by atoms with E-state index in [-0.39, 0.29) is 23.2 Å². The van der Waals surface area contributed by atoms with E-state index < -0.39 is 0 Å². The molecule has 4 nitrogen and oxygen atoms in total. The first-order valence-corrected chi connectivity index (χ1v) is 8.02. The number of hydrogen-bond donors (Lipinski definition) is 1. The lowest BCUT2D eigenvalue weighted by Gasteiger charge is -2.57. The Kier molecular flexibility index (Phi) is 4.45. The standard InChI is InChI=1S/C16H30N2O2/c1-6-18(7-2)11-14(19)17-13-10-12-8-9-16(13,5)20-15(12,3)4/h12-13H,6-11H2,1-5H3,(H,17,19). The predicted octanol–water partition coefficient (Wildman–Crippen LogP) is 2.18. The molecule has 0 spiro atoms. The molecule has 0 radical (unpaired) electrons. The average molecular weight is 282 g/mol. The predicted molar refractivity (Wildman–Crippen MR) is 80.6 cm³/mol. The Morgan fingerprint density at radius 2 is 1.95 bits per heavy atom. The van der Waals surface area contributed by atoms with E-state index in [2.05, 4.69) is 44.8 Å². The van der Waals surface area contributed by atoms with Crippen LogP contribution in [-0.2, 0) is 9.53 Å². The molecule has 3 unspecified atom stereocenters. The average Bonchev–Trinajstić information content (AvgIpc) is 2.36. The van der Waals surface area contributed by atoms with Crippen LogP contribution < -0.4 is 5.32 Å². The van der Waals surface area contributed by atoms with Gasteiger partial charge in [0.05, 0.1) is 23.8 Å². The number of nitrogens with one attached hydrogen (secondary N) is 1. The summed E-state index contributed by atoms with van der Waals surface area (Å²) in [4.78, 5) is 14.4. The minimum atomic E-state index is -0.197. The molecule has 1 N–H and O–H groups in total. The van der Waals surface area contributed by atoms with Gasteiger partial charge in [-0.15, -0.1) is 0 Å². The van der Waals surface area contributed by atoms with Crippen LogP contribution in [0.4, 0.5) is 0 Å². The maximum atomic E-state index is 12.2. The highest BCUT2D eigenvalue weighted by molar-refractivity contribution is 5.78.